The van der Waals surface area contributed by atoms with E-state index in [9.17, 15) is 4.79 Å². The first kappa shape index (κ1) is 16.8. The Hall–Kier alpha value is -2.57. The van der Waals surface area contributed by atoms with Crippen molar-refractivity contribution in [2.45, 2.75) is 27.3 Å². The summed E-state index contributed by atoms with van der Waals surface area (Å²) in [6, 6.07) is 5.24. The number of hydrogen-bond donors (Lipinski definition) is 2. The lowest BCUT2D eigenvalue weighted by molar-refractivity contribution is 0.249. The Morgan fingerprint density at radius 2 is 2.22 bits per heavy atom. The first-order valence-corrected chi connectivity index (χ1v) is 7.54. The van der Waals surface area contributed by atoms with Crippen LogP contribution in [0.3, 0.4) is 0 Å². The maximum atomic E-state index is 12.0. The molecule has 2 aromatic rings. The average molecular weight is 317 g/mol. The molecule has 0 saturated carbocycles. The number of nitrogens with one attached hydrogen (secondary N) is 2. The van der Waals surface area contributed by atoms with Crippen molar-refractivity contribution >= 4 is 11.7 Å². The van der Waals surface area contributed by atoms with Gasteiger partial charge in [0.2, 0.25) is 5.88 Å². The molecule has 0 aliphatic carbocycles. The molecule has 7 heteroatoms. The quantitative estimate of drug-likeness (QED) is 0.857. The Bertz CT molecular complexity index is 668. The average Bonchev–Trinajstić information content (AvgIpc) is 2.83. The lowest BCUT2D eigenvalue weighted by atomic mass is 10.2. The molecule has 124 valence electrons. The second-order valence-electron chi connectivity index (χ2n) is 5.61. The molecule has 0 aromatic carbocycles. The number of carbonyl (C=O) groups is 1. The van der Waals surface area contributed by atoms with Gasteiger partial charge < -0.3 is 15.4 Å². The second-order valence-corrected chi connectivity index (χ2v) is 5.61. The van der Waals surface area contributed by atoms with Gasteiger partial charge in [0, 0.05) is 25.0 Å². The summed E-state index contributed by atoms with van der Waals surface area (Å²) in [4.78, 5) is 16.0. The Morgan fingerprint density at radius 3 is 2.87 bits per heavy atom. The standard InChI is InChI=1S/C16H23N5O2/c1-11(10-21-13(3)8-12(2)20-21)9-18-16(22)19-14-6-5-7-17-15(14)23-4/h5-8,11H,9-10H2,1-4H3,(H2,18,19,22). The summed E-state index contributed by atoms with van der Waals surface area (Å²) in [5.41, 5.74) is 2.67. The number of nitrogens with zero attached hydrogens (tertiary/aromatic N) is 3. The third-order valence-electron chi connectivity index (χ3n) is 3.41. The van der Waals surface area contributed by atoms with E-state index in [1.165, 1.54) is 7.11 Å². The zero-order valence-corrected chi connectivity index (χ0v) is 14.0. The fourth-order valence-corrected chi connectivity index (χ4v) is 2.30. The molecule has 2 N–H and O–H groups in total. The van der Waals surface area contributed by atoms with Gasteiger partial charge in [-0.15, -0.1) is 0 Å². The number of amides is 2. The van der Waals surface area contributed by atoms with Crippen LogP contribution >= 0.6 is 0 Å². The van der Waals surface area contributed by atoms with Gasteiger partial charge in [-0.2, -0.15) is 5.10 Å². The van der Waals surface area contributed by atoms with E-state index in [2.05, 4.69) is 27.6 Å². The van der Waals surface area contributed by atoms with Crippen LogP contribution in [0.4, 0.5) is 10.5 Å². The van der Waals surface area contributed by atoms with Crippen LogP contribution in [0.1, 0.15) is 18.3 Å². The molecule has 23 heavy (non-hydrogen) atoms. The molecule has 2 aromatic heterocycles. The van der Waals surface area contributed by atoms with Crippen LogP contribution in [0, 0.1) is 19.8 Å². The number of aryl methyl sites for hydroxylation is 2. The van der Waals surface area contributed by atoms with E-state index in [0.717, 1.165) is 17.9 Å². The highest BCUT2D eigenvalue weighted by Gasteiger charge is 2.11. The summed E-state index contributed by atoms with van der Waals surface area (Å²) in [6.45, 7) is 7.38. The molecule has 1 unspecified atom stereocenters. The van der Waals surface area contributed by atoms with Crippen molar-refractivity contribution in [2.24, 2.45) is 5.92 Å². The number of aromatic nitrogens is 3. The van der Waals surface area contributed by atoms with Gasteiger partial charge in [0.1, 0.15) is 5.69 Å². The third-order valence-corrected chi connectivity index (χ3v) is 3.41. The predicted octanol–water partition coefficient (Wildman–Crippen LogP) is 2.36. The Morgan fingerprint density at radius 1 is 1.43 bits per heavy atom. The first-order valence-electron chi connectivity index (χ1n) is 7.54. The highest BCUT2D eigenvalue weighted by molar-refractivity contribution is 5.90. The summed E-state index contributed by atoms with van der Waals surface area (Å²) >= 11 is 0. The molecule has 0 aliphatic heterocycles. The molecule has 1 atom stereocenters. The van der Waals surface area contributed by atoms with E-state index < -0.39 is 0 Å². The van der Waals surface area contributed by atoms with E-state index in [0.29, 0.717) is 18.1 Å². The zero-order valence-electron chi connectivity index (χ0n) is 14.0. The number of ether oxygens (including phenoxy) is 1. The van der Waals surface area contributed by atoms with Gasteiger partial charge in [0.25, 0.3) is 0 Å². The summed E-state index contributed by atoms with van der Waals surface area (Å²) in [7, 11) is 1.52. The van der Waals surface area contributed by atoms with Crippen molar-refractivity contribution in [1.82, 2.24) is 20.1 Å². The minimum Gasteiger partial charge on any atom is -0.480 e. The van der Waals surface area contributed by atoms with Crippen molar-refractivity contribution < 1.29 is 9.53 Å². The molecular formula is C16H23N5O2. The van der Waals surface area contributed by atoms with Gasteiger partial charge >= 0.3 is 6.03 Å². The predicted molar refractivity (Wildman–Crippen MR) is 88.7 cm³/mol. The Kier molecular flexibility index (Phi) is 5.56. The van der Waals surface area contributed by atoms with Crippen LogP contribution in [0.2, 0.25) is 0 Å². The molecule has 2 rings (SSSR count). The summed E-state index contributed by atoms with van der Waals surface area (Å²) in [6.07, 6.45) is 1.61. The summed E-state index contributed by atoms with van der Waals surface area (Å²) in [5, 5.41) is 10.0. The second kappa shape index (κ2) is 7.62. The van der Waals surface area contributed by atoms with Gasteiger partial charge in [-0.25, -0.2) is 9.78 Å². The van der Waals surface area contributed by atoms with Crippen LogP contribution in [0.25, 0.3) is 0 Å². The lowest BCUT2D eigenvalue weighted by Crippen LogP contribution is -2.33. The minimum atomic E-state index is -0.281. The number of anilines is 1. The lowest BCUT2D eigenvalue weighted by Gasteiger charge is -2.15. The van der Waals surface area contributed by atoms with Crippen molar-refractivity contribution in [3.8, 4) is 5.88 Å². The maximum Gasteiger partial charge on any atom is 0.319 e. The van der Waals surface area contributed by atoms with Gasteiger partial charge in [0.15, 0.2) is 0 Å². The summed E-state index contributed by atoms with van der Waals surface area (Å²) in [5.74, 6) is 0.646. The fraction of sp³-hybridized carbons (Fsp3) is 0.438. The van der Waals surface area contributed by atoms with Crippen LogP contribution < -0.4 is 15.4 Å². The topological polar surface area (TPSA) is 81.1 Å². The largest absolute Gasteiger partial charge is 0.480 e. The number of hydrogen-bond acceptors (Lipinski definition) is 4. The number of carbonyl (C=O) groups excluding carboxylic acids is 1. The van der Waals surface area contributed by atoms with Crippen LogP contribution in [-0.2, 0) is 6.54 Å². The number of rotatable bonds is 6. The maximum absolute atomic E-state index is 12.0. The normalized spacial score (nSPS) is 11.8. The van der Waals surface area contributed by atoms with E-state index in [1.54, 1.807) is 18.3 Å². The molecule has 0 radical (unpaired) electrons. The monoisotopic (exact) mass is 317 g/mol. The molecule has 7 nitrogen and oxygen atoms in total. The van der Waals surface area contributed by atoms with Crippen molar-refractivity contribution in [3.63, 3.8) is 0 Å². The number of methoxy groups -OCH3 is 1. The SMILES string of the molecule is COc1ncccc1NC(=O)NCC(C)Cn1nc(C)cc1C. The zero-order chi connectivity index (χ0) is 16.8. The van der Waals surface area contributed by atoms with Gasteiger partial charge in [-0.3, -0.25) is 4.68 Å². The van der Waals surface area contributed by atoms with Gasteiger partial charge in [-0.1, -0.05) is 6.92 Å². The third kappa shape index (κ3) is 4.70. The summed E-state index contributed by atoms with van der Waals surface area (Å²) < 4.78 is 7.06. The van der Waals surface area contributed by atoms with Crippen LogP contribution in [-0.4, -0.2) is 34.5 Å². The van der Waals surface area contributed by atoms with E-state index >= 15 is 0 Å². The highest BCUT2D eigenvalue weighted by atomic mass is 16.5. The molecule has 2 amide bonds. The number of urea groups is 1. The molecule has 0 bridgehead atoms. The molecule has 2 heterocycles. The van der Waals surface area contributed by atoms with Crippen molar-refractivity contribution in [3.05, 3.63) is 35.8 Å². The van der Waals surface area contributed by atoms with Crippen molar-refractivity contribution in [1.29, 1.82) is 0 Å². The van der Waals surface area contributed by atoms with Gasteiger partial charge in [-0.05, 0) is 38.0 Å². The molecule has 0 fully saturated rings. The minimum absolute atomic E-state index is 0.259. The number of pyridine rings is 1. The van der Waals surface area contributed by atoms with E-state index in [4.69, 9.17) is 4.74 Å². The van der Waals surface area contributed by atoms with Crippen LogP contribution in [0.5, 0.6) is 5.88 Å². The molecule has 0 aliphatic rings. The van der Waals surface area contributed by atoms with E-state index in [1.807, 2.05) is 24.6 Å². The van der Waals surface area contributed by atoms with Crippen LogP contribution in [0.15, 0.2) is 24.4 Å². The molecule has 0 saturated heterocycles. The van der Waals surface area contributed by atoms with Gasteiger partial charge in [0.05, 0.1) is 12.8 Å². The molecule has 0 spiro atoms. The van der Waals surface area contributed by atoms with E-state index in [-0.39, 0.29) is 11.9 Å². The fourth-order valence-electron chi connectivity index (χ4n) is 2.30. The van der Waals surface area contributed by atoms with Crippen molar-refractivity contribution in [2.75, 3.05) is 19.0 Å². The Labute approximate surface area is 136 Å². The smallest absolute Gasteiger partial charge is 0.319 e. The first-order chi connectivity index (χ1) is 11.0. The Balaban J connectivity index is 1.83. The highest BCUT2D eigenvalue weighted by Crippen LogP contribution is 2.19. The molecular weight excluding hydrogens is 294 g/mol.